The third-order valence-electron chi connectivity index (χ3n) is 2.85. The second-order valence-corrected chi connectivity index (χ2v) is 4.87. The van der Waals surface area contributed by atoms with Gasteiger partial charge in [0.15, 0.2) is 0 Å². The third kappa shape index (κ3) is 3.16. The summed E-state index contributed by atoms with van der Waals surface area (Å²) in [5.41, 5.74) is 3.13. The Bertz CT molecular complexity index is 567. The predicted molar refractivity (Wildman–Crippen MR) is 77.8 cm³/mol. The molecule has 0 unspecified atom stereocenters. The number of benzene rings is 1. The topological polar surface area (TPSA) is 36.3 Å². The largest absolute Gasteiger partial charge is 0.439 e. The van der Waals surface area contributed by atoms with Crippen molar-refractivity contribution in [3.05, 3.63) is 41.1 Å². The van der Waals surface area contributed by atoms with Gasteiger partial charge in [-0.25, -0.2) is 4.68 Å². The normalized spacial score (nSPS) is 10.7. The average Bonchev–Trinajstić information content (AvgIpc) is 2.65. The molecule has 0 amide bonds. The number of ether oxygens (including phenoxy) is 2. The molecule has 0 aliphatic rings. The number of hydrogen-bond acceptors (Lipinski definition) is 3. The lowest BCUT2D eigenvalue weighted by Gasteiger charge is -2.09. The van der Waals surface area contributed by atoms with E-state index in [0.717, 1.165) is 33.8 Å². The summed E-state index contributed by atoms with van der Waals surface area (Å²) in [4.78, 5) is 0. The fraction of sp³-hybridized carbons (Fsp3) is 0.357. The van der Waals surface area contributed by atoms with Gasteiger partial charge in [-0.15, -0.1) is 0 Å². The second-order valence-electron chi connectivity index (χ2n) is 4.31. The highest BCUT2D eigenvalue weighted by atomic mass is 79.9. The summed E-state index contributed by atoms with van der Waals surface area (Å²) in [6, 6.07) is 7.88. The molecule has 0 saturated carbocycles. The lowest BCUT2D eigenvalue weighted by Crippen LogP contribution is -1.97. The van der Waals surface area contributed by atoms with Gasteiger partial charge in [0.1, 0.15) is 5.75 Å². The summed E-state index contributed by atoms with van der Waals surface area (Å²) in [5.74, 6) is 1.56. The van der Waals surface area contributed by atoms with E-state index < -0.39 is 0 Å². The van der Waals surface area contributed by atoms with Crippen LogP contribution < -0.4 is 4.74 Å². The van der Waals surface area contributed by atoms with Crippen molar-refractivity contribution in [1.29, 1.82) is 0 Å². The summed E-state index contributed by atoms with van der Waals surface area (Å²) in [6.45, 7) is 2.55. The van der Waals surface area contributed by atoms with E-state index in [1.165, 1.54) is 0 Å². The van der Waals surface area contributed by atoms with Crippen molar-refractivity contribution in [2.75, 3.05) is 7.11 Å². The van der Waals surface area contributed by atoms with E-state index in [2.05, 4.69) is 21.0 Å². The Morgan fingerprint density at radius 2 is 2.16 bits per heavy atom. The molecular weight excluding hydrogens is 308 g/mol. The molecule has 0 atom stereocenters. The first-order valence-corrected chi connectivity index (χ1v) is 7.12. The number of methoxy groups -OCH3 is 1. The van der Waals surface area contributed by atoms with Crippen LogP contribution in [0.15, 0.2) is 24.3 Å². The zero-order valence-corrected chi connectivity index (χ0v) is 12.9. The van der Waals surface area contributed by atoms with Gasteiger partial charge in [-0.1, -0.05) is 28.1 Å². The van der Waals surface area contributed by atoms with E-state index in [0.29, 0.717) is 6.61 Å². The van der Waals surface area contributed by atoms with Gasteiger partial charge in [-0.2, -0.15) is 5.10 Å². The summed E-state index contributed by atoms with van der Waals surface area (Å²) >= 11 is 3.47. The van der Waals surface area contributed by atoms with Crippen molar-refractivity contribution in [1.82, 2.24) is 9.78 Å². The number of aromatic nitrogens is 2. The quantitative estimate of drug-likeness (QED) is 0.789. The minimum absolute atomic E-state index is 0.576. The van der Waals surface area contributed by atoms with E-state index in [4.69, 9.17) is 9.47 Å². The first-order valence-electron chi connectivity index (χ1n) is 6.00. The molecular formula is C14H17BrN2O2. The maximum absolute atomic E-state index is 5.95. The van der Waals surface area contributed by atoms with Gasteiger partial charge in [0.05, 0.1) is 12.3 Å². The highest BCUT2D eigenvalue weighted by Gasteiger charge is 2.14. The zero-order valence-electron chi connectivity index (χ0n) is 11.3. The molecule has 4 nitrogen and oxygen atoms in total. The SMILES string of the molecule is COCc1cccc(Oc2c(CBr)c(C)nn2C)c1. The standard InChI is InChI=1S/C14H17BrN2O2/c1-10-13(8-15)14(17(2)16-10)19-12-6-4-5-11(7-12)9-18-3/h4-7H,8-9H2,1-3H3. The van der Waals surface area contributed by atoms with Gasteiger partial charge in [0.25, 0.3) is 0 Å². The van der Waals surface area contributed by atoms with Crippen LogP contribution in [0.1, 0.15) is 16.8 Å². The maximum Gasteiger partial charge on any atom is 0.221 e. The van der Waals surface area contributed by atoms with Crippen molar-refractivity contribution in [2.45, 2.75) is 18.9 Å². The Balaban J connectivity index is 2.28. The molecule has 0 radical (unpaired) electrons. The van der Waals surface area contributed by atoms with Crippen molar-refractivity contribution in [3.8, 4) is 11.6 Å². The van der Waals surface area contributed by atoms with Gasteiger partial charge >= 0.3 is 0 Å². The van der Waals surface area contributed by atoms with Crippen LogP contribution in [0.25, 0.3) is 0 Å². The third-order valence-corrected chi connectivity index (χ3v) is 3.41. The molecule has 1 heterocycles. The summed E-state index contributed by atoms with van der Waals surface area (Å²) in [7, 11) is 3.56. The van der Waals surface area contributed by atoms with Crippen LogP contribution in [0.2, 0.25) is 0 Å². The monoisotopic (exact) mass is 324 g/mol. The van der Waals surface area contributed by atoms with Crippen LogP contribution in [0, 0.1) is 6.92 Å². The Morgan fingerprint density at radius 3 is 2.84 bits per heavy atom. The second kappa shape index (κ2) is 6.21. The number of aryl methyl sites for hydroxylation is 2. The minimum atomic E-state index is 0.576. The molecule has 0 bridgehead atoms. The van der Waals surface area contributed by atoms with Crippen molar-refractivity contribution < 1.29 is 9.47 Å². The molecule has 0 spiro atoms. The molecule has 102 valence electrons. The Morgan fingerprint density at radius 1 is 1.37 bits per heavy atom. The zero-order chi connectivity index (χ0) is 13.8. The molecule has 2 aromatic rings. The maximum atomic E-state index is 5.95. The molecule has 0 N–H and O–H groups in total. The molecule has 1 aromatic heterocycles. The fourth-order valence-electron chi connectivity index (χ4n) is 1.94. The molecule has 0 aliphatic heterocycles. The smallest absolute Gasteiger partial charge is 0.221 e. The molecule has 1 aromatic carbocycles. The van der Waals surface area contributed by atoms with E-state index in [1.807, 2.05) is 38.2 Å². The lowest BCUT2D eigenvalue weighted by molar-refractivity contribution is 0.184. The minimum Gasteiger partial charge on any atom is -0.439 e. The van der Waals surface area contributed by atoms with Gasteiger partial charge < -0.3 is 9.47 Å². The Kier molecular flexibility index (Phi) is 4.61. The molecule has 5 heteroatoms. The van der Waals surface area contributed by atoms with E-state index >= 15 is 0 Å². The number of nitrogens with zero attached hydrogens (tertiary/aromatic N) is 2. The van der Waals surface area contributed by atoms with E-state index in [9.17, 15) is 0 Å². The summed E-state index contributed by atoms with van der Waals surface area (Å²) in [6.07, 6.45) is 0. The molecule has 19 heavy (non-hydrogen) atoms. The van der Waals surface area contributed by atoms with Crippen molar-refractivity contribution in [2.24, 2.45) is 7.05 Å². The number of hydrogen-bond donors (Lipinski definition) is 0. The Hall–Kier alpha value is -1.33. The van der Waals surface area contributed by atoms with Crippen LogP contribution in [0.3, 0.4) is 0 Å². The predicted octanol–water partition coefficient (Wildman–Crippen LogP) is 3.56. The molecule has 0 fully saturated rings. The number of alkyl halides is 1. The first kappa shape index (κ1) is 14.1. The van der Waals surface area contributed by atoms with Gasteiger partial charge in [0.2, 0.25) is 5.88 Å². The number of rotatable bonds is 5. The first-order chi connectivity index (χ1) is 9.15. The average molecular weight is 325 g/mol. The fourth-order valence-corrected chi connectivity index (χ4v) is 2.58. The summed E-state index contributed by atoms with van der Waals surface area (Å²) in [5, 5.41) is 5.10. The van der Waals surface area contributed by atoms with Crippen molar-refractivity contribution in [3.63, 3.8) is 0 Å². The van der Waals surface area contributed by atoms with Crippen molar-refractivity contribution >= 4 is 15.9 Å². The van der Waals surface area contributed by atoms with Crippen LogP contribution in [-0.4, -0.2) is 16.9 Å². The molecule has 2 rings (SSSR count). The van der Waals surface area contributed by atoms with Crippen LogP contribution in [0.4, 0.5) is 0 Å². The lowest BCUT2D eigenvalue weighted by atomic mass is 10.2. The van der Waals surface area contributed by atoms with Gasteiger partial charge in [-0.3, -0.25) is 0 Å². The van der Waals surface area contributed by atoms with Gasteiger partial charge in [0, 0.05) is 25.1 Å². The highest BCUT2D eigenvalue weighted by molar-refractivity contribution is 9.08. The van der Waals surface area contributed by atoms with Crippen LogP contribution in [0.5, 0.6) is 11.6 Å². The summed E-state index contributed by atoms with van der Waals surface area (Å²) < 4.78 is 12.8. The molecule has 0 saturated heterocycles. The van der Waals surface area contributed by atoms with Gasteiger partial charge in [-0.05, 0) is 24.6 Å². The molecule has 0 aliphatic carbocycles. The Labute approximate surface area is 121 Å². The van der Waals surface area contributed by atoms with E-state index in [1.54, 1.807) is 11.8 Å². The van der Waals surface area contributed by atoms with Crippen LogP contribution >= 0.6 is 15.9 Å². The van der Waals surface area contributed by atoms with Crippen LogP contribution in [-0.2, 0) is 23.7 Å². The van der Waals surface area contributed by atoms with E-state index in [-0.39, 0.29) is 0 Å². The highest BCUT2D eigenvalue weighted by Crippen LogP contribution is 2.29. The number of halogens is 1.